The van der Waals surface area contributed by atoms with Gasteiger partial charge in [-0.15, -0.1) is 0 Å². The monoisotopic (exact) mass is 393 g/mol. The minimum atomic E-state index is -0.758. The molecule has 0 aromatic heterocycles. The molecular formula is C25H31NO3. The number of hydrogen-bond acceptors (Lipinski definition) is 3. The molecule has 2 aliphatic heterocycles. The molecule has 2 aromatic rings. The fourth-order valence-electron chi connectivity index (χ4n) is 5.31. The Morgan fingerprint density at radius 1 is 1.03 bits per heavy atom. The molecule has 2 unspecified atom stereocenters. The first-order chi connectivity index (χ1) is 13.9. The van der Waals surface area contributed by atoms with Crippen LogP contribution in [0.4, 0.5) is 4.79 Å². The fourth-order valence-corrected chi connectivity index (χ4v) is 5.31. The number of aryl methyl sites for hydroxylation is 2. The van der Waals surface area contributed by atoms with Crippen molar-refractivity contribution in [2.45, 2.75) is 76.7 Å². The summed E-state index contributed by atoms with van der Waals surface area (Å²) in [5, 5.41) is 11.4. The van der Waals surface area contributed by atoms with E-state index in [-0.39, 0.29) is 18.2 Å². The van der Waals surface area contributed by atoms with Crippen molar-refractivity contribution in [1.29, 1.82) is 0 Å². The Morgan fingerprint density at radius 2 is 1.66 bits per heavy atom. The Bertz CT molecular complexity index is 829. The number of benzene rings is 2. The highest BCUT2D eigenvalue weighted by atomic mass is 16.6. The molecule has 1 amide bonds. The average Bonchev–Trinajstić information content (AvgIpc) is 2.65. The van der Waals surface area contributed by atoms with Gasteiger partial charge in [0.2, 0.25) is 0 Å². The molecule has 2 atom stereocenters. The Kier molecular flexibility index (Phi) is 5.64. The number of ether oxygens (including phenoxy) is 1. The summed E-state index contributed by atoms with van der Waals surface area (Å²) in [6, 6.07) is 16.4. The van der Waals surface area contributed by atoms with E-state index in [0.29, 0.717) is 25.9 Å². The van der Waals surface area contributed by atoms with Crippen molar-refractivity contribution in [2.75, 3.05) is 0 Å². The van der Waals surface area contributed by atoms with Crippen molar-refractivity contribution in [3.8, 4) is 0 Å². The third-order valence-electron chi connectivity index (χ3n) is 6.32. The maximum absolute atomic E-state index is 12.9. The molecule has 0 aliphatic carbocycles. The van der Waals surface area contributed by atoms with Crippen molar-refractivity contribution in [2.24, 2.45) is 0 Å². The van der Waals surface area contributed by atoms with E-state index in [0.717, 1.165) is 24.8 Å². The quantitative estimate of drug-likeness (QED) is 0.801. The number of nitrogens with zero attached hydrogens (tertiary/aromatic N) is 1. The number of aliphatic hydroxyl groups is 1. The molecule has 2 saturated heterocycles. The Hall–Kier alpha value is -2.33. The molecule has 4 heteroatoms. The highest BCUT2D eigenvalue weighted by Gasteiger charge is 2.47. The van der Waals surface area contributed by atoms with Crippen molar-refractivity contribution in [1.82, 2.24) is 4.90 Å². The Labute approximate surface area is 173 Å². The van der Waals surface area contributed by atoms with E-state index in [1.54, 1.807) is 0 Å². The van der Waals surface area contributed by atoms with E-state index in [1.165, 1.54) is 16.7 Å². The molecule has 2 heterocycles. The molecule has 0 saturated carbocycles. The Morgan fingerprint density at radius 3 is 2.28 bits per heavy atom. The summed E-state index contributed by atoms with van der Waals surface area (Å²) < 4.78 is 5.63. The standard InChI is InChI=1S/C25H31NO3/c1-18-11-19(2)13-21(12-18)14-25(28)15-22-9-6-10-23(16-25)26(22)24(27)29-17-20-7-4-3-5-8-20/h3-5,7-8,11-13,22-23,28H,6,9-10,14-17H2,1-2H3. The van der Waals surface area contributed by atoms with E-state index in [4.69, 9.17) is 4.74 Å². The number of piperidine rings is 2. The van der Waals surface area contributed by atoms with E-state index in [2.05, 4.69) is 32.0 Å². The van der Waals surface area contributed by atoms with Crippen LogP contribution in [0.1, 0.15) is 54.4 Å². The third kappa shape index (κ3) is 4.64. The molecule has 2 fully saturated rings. The van der Waals surface area contributed by atoms with Crippen LogP contribution < -0.4 is 0 Å². The molecule has 29 heavy (non-hydrogen) atoms. The van der Waals surface area contributed by atoms with Gasteiger partial charge in [-0.05, 0) is 57.1 Å². The van der Waals surface area contributed by atoms with Gasteiger partial charge in [0.15, 0.2) is 0 Å². The molecule has 2 aliphatic rings. The zero-order valence-corrected chi connectivity index (χ0v) is 17.4. The van der Waals surface area contributed by atoms with Gasteiger partial charge in [0.25, 0.3) is 0 Å². The highest BCUT2D eigenvalue weighted by Crippen LogP contribution is 2.41. The van der Waals surface area contributed by atoms with Gasteiger partial charge in [-0.25, -0.2) is 4.79 Å². The molecule has 2 aromatic carbocycles. The van der Waals surface area contributed by atoms with Crippen molar-refractivity contribution < 1.29 is 14.6 Å². The number of rotatable bonds is 4. The second-order valence-corrected chi connectivity index (χ2v) is 8.99. The molecule has 0 radical (unpaired) electrons. The van der Waals surface area contributed by atoms with Crippen LogP contribution in [0, 0.1) is 13.8 Å². The van der Waals surface area contributed by atoms with Crippen LogP contribution in [0.25, 0.3) is 0 Å². The van der Waals surface area contributed by atoms with E-state index in [9.17, 15) is 9.90 Å². The van der Waals surface area contributed by atoms with Crippen LogP contribution in [-0.2, 0) is 17.8 Å². The summed E-state index contributed by atoms with van der Waals surface area (Å²) in [5.41, 5.74) is 3.88. The van der Waals surface area contributed by atoms with Gasteiger partial charge in [0, 0.05) is 18.5 Å². The lowest BCUT2D eigenvalue weighted by Crippen LogP contribution is -2.60. The van der Waals surface area contributed by atoms with Gasteiger partial charge in [-0.3, -0.25) is 0 Å². The molecular weight excluding hydrogens is 362 g/mol. The maximum atomic E-state index is 12.9. The first kappa shape index (κ1) is 20.0. The van der Waals surface area contributed by atoms with Gasteiger partial charge < -0.3 is 14.7 Å². The van der Waals surface area contributed by atoms with Gasteiger partial charge in [-0.2, -0.15) is 0 Å². The van der Waals surface area contributed by atoms with Crippen LogP contribution in [-0.4, -0.2) is 33.8 Å². The highest BCUT2D eigenvalue weighted by molar-refractivity contribution is 5.69. The first-order valence-corrected chi connectivity index (χ1v) is 10.7. The van der Waals surface area contributed by atoms with Crippen molar-refractivity contribution in [3.63, 3.8) is 0 Å². The predicted octanol–water partition coefficient (Wildman–Crippen LogP) is 4.93. The minimum Gasteiger partial charge on any atom is -0.445 e. The Balaban J connectivity index is 1.44. The lowest BCUT2D eigenvalue weighted by molar-refractivity contribution is -0.0845. The summed E-state index contributed by atoms with van der Waals surface area (Å²) in [4.78, 5) is 14.8. The summed E-state index contributed by atoms with van der Waals surface area (Å²) in [5.74, 6) is 0. The lowest BCUT2D eigenvalue weighted by atomic mass is 9.73. The topological polar surface area (TPSA) is 49.8 Å². The SMILES string of the molecule is Cc1cc(C)cc(CC2(O)CC3CCCC(C2)N3C(=O)OCc2ccccc2)c1. The second kappa shape index (κ2) is 8.19. The van der Waals surface area contributed by atoms with Gasteiger partial charge in [-0.1, -0.05) is 59.7 Å². The first-order valence-electron chi connectivity index (χ1n) is 10.7. The summed E-state index contributed by atoms with van der Waals surface area (Å²) in [6.45, 7) is 4.49. The average molecular weight is 394 g/mol. The van der Waals surface area contributed by atoms with Crippen molar-refractivity contribution in [3.05, 3.63) is 70.8 Å². The van der Waals surface area contributed by atoms with E-state index >= 15 is 0 Å². The van der Waals surface area contributed by atoms with Crippen LogP contribution in [0.2, 0.25) is 0 Å². The third-order valence-corrected chi connectivity index (χ3v) is 6.32. The molecule has 154 valence electrons. The minimum absolute atomic E-state index is 0.0571. The predicted molar refractivity (Wildman–Crippen MR) is 114 cm³/mol. The van der Waals surface area contributed by atoms with Gasteiger partial charge >= 0.3 is 6.09 Å². The molecule has 1 N–H and O–H groups in total. The number of carbonyl (C=O) groups excluding carboxylic acids is 1. The van der Waals surface area contributed by atoms with Crippen LogP contribution >= 0.6 is 0 Å². The van der Waals surface area contributed by atoms with Crippen LogP contribution in [0.5, 0.6) is 0 Å². The van der Waals surface area contributed by atoms with E-state index in [1.807, 2.05) is 35.2 Å². The van der Waals surface area contributed by atoms with Crippen molar-refractivity contribution >= 4 is 6.09 Å². The lowest BCUT2D eigenvalue weighted by Gasteiger charge is -2.51. The fraction of sp³-hybridized carbons (Fsp3) is 0.480. The maximum Gasteiger partial charge on any atom is 0.410 e. The van der Waals surface area contributed by atoms with Gasteiger partial charge in [0.1, 0.15) is 6.61 Å². The summed E-state index contributed by atoms with van der Waals surface area (Å²) in [6.07, 6.45) is 4.64. The summed E-state index contributed by atoms with van der Waals surface area (Å²) >= 11 is 0. The molecule has 4 nitrogen and oxygen atoms in total. The summed E-state index contributed by atoms with van der Waals surface area (Å²) in [7, 11) is 0. The number of hydrogen-bond donors (Lipinski definition) is 1. The normalized spacial score (nSPS) is 26.2. The zero-order chi connectivity index (χ0) is 20.4. The largest absolute Gasteiger partial charge is 0.445 e. The smallest absolute Gasteiger partial charge is 0.410 e. The van der Waals surface area contributed by atoms with Crippen LogP contribution in [0.15, 0.2) is 48.5 Å². The van der Waals surface area contributed by atoms with Crippen LogP contribution in [0.3, 0.4) is 0 Å². The molecule has 4 rings (SSSR count). The molecule has 2 bridgehead atoms. The number of carbonyl (C=O) groups is 1. The number of amides is 1. The van der Waals surface area contributed by atoms with E-state index < -0.39 is 5.60 Å². The second-order valence-electron chi connectivity index (χ2n) is 8.99. The zero-order valence-electron chi connectivity index (χ0n) is 17.4. The number of fused-ring (bicyclic) bond motifs is 2. The van der Waals surface area contributed by atoms with Gasteiger partial charge in [0.05, 0.1) is 5.60 Å². The molecule has 0 spiro atoms.